The number of hydrogen-bond acceptors (Lipinski definition) is 4. The predicted octanol–water partition coefficient (Wildman–Crippen LogP) is 2.15. The molecule has 1 heterocycles. The molecule has 0 aromatic rings. The summed E-state index contributed by atoms with van der Waals surface area (Å²) in [6.07, 6.45) is 7.10. The highest BCUT2D eigenvalue weighted by Gasteiger charge is 2.15. The topological polar surface area (TPSA) is 36.9 Å². The summed E-state index contributed by atoms with van der Waals surface area (Å²) < 4.78 is 5.36. The van der Waals surface area contributed by atoms with Gasteiger partial charge in [-0.05, 0) is 18.9 Å². The van der Waals surface area contributed by atoms with Crippen LogP contribution in [0.1, 0.15) is 26.2 Å². The van der Waals surface area contributed by atoms with Gasteiger partial charge in [-0.15, -0.1) is 0 Å². The van der Waals surface area contributed by atoms with E-state index >= 15 is 0 Å². The number of nitrogens with one attached hydrogen (secondary N) is 1. The Morgan fingerprint density at radius 3 is 2.72 bits per heavy atom. The lowest BCUT2D eigenvalue weighted by Crippen LogP contribution is -2.43. The summed E-state index contributed by atoms with van der Waals surface area (Å²) in [7, 11) is 1.67. The number of nitrogens with zero attached hydrogens (tertiary/aromatic N) is 2. The van der Waals surface area contributed by atoms with E-state index in [1.165, 1.54) is 12.8 Å². The lowest BCUT2D eigenvalue weighted by Gasteiger charge is -2.30. The Morgan fingerprint density at radius 1 is 1.44 bits per heavy atom. The van der Waals surface area contributed by atoms with Crippen molar-refractivity contribution in [3.63, 3.8) is 0 Å². The van der Waals surface area contributed by atoms with Crippen LogP contribution in [0.3, 0.4) is 0 Å². The first-order chi connectivity index (χ1) is 8.83. The van der Waals surface area contributed by atoms with Crippen molar-refractivity contribution < 1.29 is 4.74 Å². The second-order valence-electron chi connectivity index (χ2n) is 4.29. The summed E-state index contributed by atoms with van der Waals surface area (Å²) >= 11 is 0. The maximum Gasteiger partial charge on any atom is 0.171 e. The quantitative estimate of drug-likeness (QED) is 0.326. The SMILES string of the molecule is C=C/C(OC)=C(\N=C/CCCC)N1CCNCC1. The lowest BCUT2D eigenvalue weighted by molar-refractivity contribution is 0.249. The van der Waals surface area contributed by atoms with Crippen LogP contribution in [0.5, 0.6) is 0 Å². The fourth-order valence-electron chi connectivity index (χ4n) is 1.89. The van der Waals surface area contributed by atoms with Crippen LogP contribution >= 0.6 is 0 Å². The lowest BCUT2D eigenvalue weighted by atomic mass is 10.3. The van der Waals surface area contributed by atoms with Crippen molar-refractivity contribution in [2.45, 2.75) is 26.2 Å². The molecule has 18 heavy (non-hydrogen) atoms. The number of methoxy groups -OCH3 is 1. The molecular weight excluding hydrogens is 226 g/mol. The van der Waals surface area contributed by atoms with Crippen LogP contribution < -0.4 is 5.32 Å². The largest absolute Gasteiger partial charge is 0.493 e. The Morgan fingerprint density at radius 2 is 2.17 bits per heavy atom. The molecule has 1 rings (SSSR count). The Kier molecular flexibility index (Phi) is 7.18. The molecule has 0 atom stereocenters. The molecule has 102 valence electrons. The molecule has 0 amide bonds. The highest BCUT2D eigenvalue weighted by molar-refractivity contribution is 5.59. The van der Waals surface area contributed by atoms with Crippen molar-refractivity contribution >= 4 is 6.21 Å². The summed E-state index contributed by atoms with van der Waals surface area (Å²) in [4.78, 5) is 6.83. The van der Waals surface area contributed by atoms with Crippen LogP contribution in [-0.4, -0.2) is 44.4 Å². The average molecular weight is 251 g/mol. The minimum atomic E-state index is 0.754. The molecule has 0 spiro atoms. The van der Waals surface area contributed by atoms with E-state index in [0.29, 0.717) is 0 Å². The van der Waals surface area contributed by atoms with Gasteiger partial charge in [-0.1, -0.05) is 19.9 Å². The Labute approximate surface area is 110 Å². The molecule has 0 saturated carbocycles. The summed E-state index contributed by atoms with van der Waals surface area (Å²) in [6, 6.07) is 0. The molecule has 1 aliphatic heterocycles. The standard InChI is InChI=1S/C14H25N3O/c1-4-6-7-8-16-14(13(5-2)18-3)17-11-9-15-10-12-17/h5,8,15H,2,4,6-7,9-12H2,1,3H3/b14-13-,16-8-. The maximum absolute atomic E-state index is 5.36. The van der Waals surface area contributed by atoms with Gasteiger partial charge in [-0.3, -0.25) is 0 Å². The molecular formula is C14H25N3O. The van der Waals surface area contributed by atoms with Gasteiger partial charge in [0.25, 0.3) is 0 Å². The number of rotatable bonds is 7. The number of allylic oxidation sites excluding steroid dienone is 1. The van der Waals surface area contributed by atoms with Crippen LogP contribution in [0.25, 0.3) is 0 Å². The van der Waals surface area contributed by atoms with Crippen molar-refractivity contribution in [1.82, 2.24) is 10.2 Å². The van der Waals surface area contributed by atoms with Crippen molar-refractivity contribution in [2.75, 3.05) is 33.3 Å². The van der Waals surface area contributed by atoms with E-state index < -0.39 is 0 Å². The van der Waals surface area contributed by atoms with E-state index in [1.807, 2.05) is 6.21 Å². The molecule has 1 N–H and O–H groups in total. The summed E-state index contributed by atoms with van der Waals surface area (Å²) in [5, 5.41) is 3.34. The summed E-state index contributed by atoms with van der Waals surface area (Å²) in [6.45, 7) is 9.87. The Hall–Kier alpha value is -1.29. The van der Waals surface area contributed by atoms with Gasteiger partial charge in [0, 0.05) is 32.4 Å². The molecule has 1 aliphatic rings. The van der Waals surface area contributed by atoms with E-state index in [4.69, 9.17) is 4.74 Å². The third-order valence-corrected chi connectivity index (χ3v) is 2.94. The van der Waals surface area contributed by atoms with E-state index in [9.17, 15) is 0 Å². The van der Waals surface area contributed by atoms with Crippen LogP contribution in [-0.2, 0) is 4.74 Å². The maximum atomic E-state index is 5.36. The molecule has 4 nitrogen and oxygen atoms in total. The molecule has 1 saturated heterocycles. The zero-order chi connectivity index (χ0) is 13.2. The third kappa shape index (κ3) is 4.53. The zero-order valence-corrected chi connectivity index (χ0v) is 11.6. The van der Waals surface area contributed by atoms with Gasteiger partial charge < -0.3 is 15.0 Å². The van der Waals surface area contributed by atoms with E-state index in [0.717, 1.165) is 44.2 Å². The van der Waals surface area contributed by atoms with E-state index in [2.05, 4.69) is 28.7 Å². The van der Waals surface area contributed by atoms with Crippen LogP contribution in [0.4, 0.5) is 0 Å². The molecule has 0 aliphatic carbocycles. The first-order valence-electron chi connectivity index (χ1n) is 6.72. The van der Waals surface area contributed by atoms with E-state index in [1.54, 1.807) is 13.2 Å². The fraction of sp³-hybridized carbons (Fsp3) is 0.643. The normalized spacial score (nSPS) is 17.8. The average Bonchev–Trinajstić information content (AvgIpc) is 2.43. The molecule has 0 radical (unpaired) electrons. The number of unbranched alkanes of at least 4 members (excludes halogenated alkanes) is 2. The minimum Gasteiger partial charge on any atom is -0.493 e. The van der Waals surface area contributed by atoms with Crippen molar-refractivity contribution in [3.8, 4) is 0 Å². The molecule has 0 aromatic carbocycles. The molecule has 0 unspecified atom stereocenters. The van der Waals surface area contributed by atoms with Gasteiger partial charge in [0.15, 0.2) is 11.6 Å². The van der Waals surface area contributed by atoms with E-state index in [-0.39, 0.29) is 0 Å². The number of aliphatic imine (C=N–C) groups is 1. The molecule has 4 heteroatoms. The number of piperazine rings is 1. The minimum absolute atomic E-state index is 0.754. The van der Waals surface area contributed by atoms with Gasteiger partial charge >= 0.3 is 0 Å². The van der Waals surface area contributed by atoms with Crippen LogP contribution in [0, 0.1) is 0 Å². The van der Waals surface area contributed by atoms with Gasteiger partial charge in [-0.2, -0.15) is 0 Å². The summed E-state index contributed by atoms with van der Waals surface area (Å²) in [5.41, 5.74) is 0. The molecule has 1 fully saturated rings. The molecule has 0 bridgehead atoms. The van der Waals surface area contributed by atoms with Gasteiger partial charge in [-0.25, -0.2) is 4.99 Å². The first kappa shape index (κ1) is 14.8. The number of hydrogen-bond donors (Lipinski definition) is 1. The van der Waals surface area contributed by atoms with Crippen LogP contribution in [0.15, 0.2) is 29.2 Å². The van der Waals surface area contributed by atoms with Crippen molar-refractivity contribution in [1.29, 1.82) is 0 Å². The van der Waals surface area contributed by atoms with Gasteiger partial charge in [0.1, 0.15) is 0 Å². The zero-order valence-electron chi connectivity index (χ0n) is 11.6. The monoisotopic (exact) mass is 251 g/mol. The highest BCUT2D eigenvalue weighted by Crippen LogP contribution is 2.14. The second-order valence-corrected chi connectivity index (χ2v) is 4.29. The second kappa shape index (κ2) is 8.75. The smallest absolute Gasteiger partial charge is 0.171 e. The van der Waals surface area contributed by atoms with Crippen molar-refractivity contribution in [2.24, 2.45) is 4.99 Å². The Balaban J connectivity index is 2.76. The Bertz CT molecular complexity index is 304. The van der Waals surface area contributed by atoms with Gasteiger partial charge in [0.05, 0.1) is 7.11 Å². The van der Waals surface area contributed by atoms with Gasteiger partial charge in [0.2, 0.25) is 0 Å². The fourth-order valence-corrected chi connectivity index (χ4v) is 1.89. The van der Waals surface area contributed by atoms with Crippen LogP contribution in [0.2, 0.25) is 0 Å². The number of ether oxygens (including phenoxy) is 1. The molecule has 0 aromatic heterocycles. The van der Waals surface area contributed by atoms with Crippen molar-refractivity contribution in [3.05, 3.63) is 24.2 Å². The summed E-state index contributed by atoms with van der Waals surface area (Å²) in [5.74, 6) is 1.66. The predicted molar refractivity (Wildman–Crippen MR) is 76.7 cm³/mol. The highest BCUT2D eigenvalue weighted by atomic mass is 16.5. The first-order valence-corrected chi connectivity index (χ1v) is 6.72. The third-order valence-electron chi connectivity index (χ3n) is 2.94.